The Balaban J connectivity index is 0.000000244. The third kappa shape index (κ3) is 20.9. The number of carbonyl (C=O) groups is 6. The van der Waals surface area contributed by atoms with E-state index in [1.54, 1.807) is 19.1 Å². The van der Waals surface area contributed by atoms with E-state index >= 15 is 17.6 Å². The van der Waals surface area contributed by atoms with E-state index in [-0.39, 0.29) is 86.3 Å². The summed E-state index contributed by atoms with van der Waals surface area (Å²) in [4.78, 5) is 82.8. The lowest BCUT2D eigenvalue weighted by molar-refractivity contribution is 0.0974. The van der Waals surface area contributed by atoms with Gasteiger partial charge in [-0.1, -0.05) is 95.4 Å². The highest BCUT2D eigenvalue weighted by Gasteiger charge is 2.45. The van der Waals surface area contributed by atoms with Gasteiger partial charge in [-0.15, -0.1) is 0 Å². The van der Waals surface area contributed by atoms with Crippen LogP contribution < -0.4 is 37.2 Å². The van der Waals surface area contributed by atoms with Gasteiger partial charge in [0.1, 0.15) is 34.5 Å². The maximum atomic E-state index is 16.0. The first kappa shape index (κ1) is 89.0. The maximum absolute atomic E-state index is 16.0. The Kier molecular flexibility index (Phi) is 34.2. The molecule has 3 aliphatic carbocycles. The highest BCUT2D eigenvalue weighted by Crippen LogP contribution is 2.48. The minimum atomic E-state index is -1.67. The predicted molar refractivity (Wildman–Crippen MR) is 416 cm³/mol. The fraction of sp³-hybridized carbons (Fsp3) is 0.432. The quantitative estimate of drug-likeness (QED) is 0.00734. The molecular formula is C81H102F4N8O19. The van der Waals surface area contributed by atoms with E-state index in [9.17, 15) is 79.8 Å². The van der Waals surface area contributed by atoms with Crippen LogP contribution in [0, 0.1) is 23.3 Å². The molecule has 0 amide bonds. The Morgan fingerprint density at radius 2 is 0.723 bits per heavy atom. The van der Waals surface area contributed by atoms with Gasteiger partial charge in [0.05, 0.1) is 140 Å². The van der Waals surface area contributed by atoms with Crippen LogP contribution >= 0.6 is 0 Å². The summed E-state index contributed by atoms with van der Waals surface area (Å²) < 4.78 is 62.2. The minimum absolute atomic E-state index is 0.00769. The van der Waals surface area contributed by atoms with E-state index in [1.807, 2.05) is 19.0 Å². The molecule has 27 nitrogen and oxygen atoms in total. The molecular weight excluding hydrogens is 1460 g/mol. The molecule has 0 fully saturated rings. The molecule has 4 atom stereocenters. The zero-order valence-electron chi connectivity index (χ0n) is 63.1. The largest absolute Gasteiger partial charge is 0.507 e. The molecule has 0 saturated carbocycles. The first-order valence-corrected chi connectivity index (χ1v) is 37.5. The molecule has 0 saturated heterocycles. The number of anilines is 6. The topological polar surface area (TPSA) is 453 Å². The highest BCUT2D eigenvalue weighted by molar-refractivity contribution is 6.36. The number of halogens is 4. The van der Waals surface area contributed by atoms with Gasteiger partial charge in [0.25, 0.3) is 0 Å². The number of carbonyl (C=O) groups excluding carboxylic acids is 6. The van der Waals surface area contributed by atoms with Gasteiger partial charge in [0.2, 0.25) is 34.7 Å². The SMILES string of the molecule is C/C=C/C(O)C(CO)Nc1c(F)c(F)c(NC(CO)C(O)/C=C/CCCCCCCCCCCCC)c2c1C(=O)c1c(O)ccc(O)c1C2=O.CN(C)CCNc1ccc(O)c2c1C(=O)c1c(O)ccc(NCCO)c1C2=O.O=C1c2c(O)ccc(O)c2C(=O)c2c(NCCNCCO)c(F)c(F)c(NCCCCCO)c21. The number of aliphatic hydroxyl groups excluding tert-OH is 7. The fourth-order valence-corrected chi connectivity index (χ4v) is 13.3. The van der Waals surface area contributed by atoms with Crippen LogP contribution in [0.15, 0.2) is 72.8 Å². The summed E-state index contributed by atoms with van der Waals surface area (Å²) in [6.45, 7) is 4.00. The number of ketones is 6. The molecule has 6 aromatic carbocycles. The van der Waals surface area contributed by atoms with Crippen molar-refractivity contribution in [2.45, 2.75) is 134 Å². The van der Waals surface area contributed by atoms with Crippen molar-refractivity contribution >= 4 is 68.8 Å². The van der Waals surface area contributed by atoms with Crippen LogP contribution in [0.2, 0.25) is 0 Å². The monoisotopic (exact) mass is 1570 g/mol. The third-order valence-corrected chi connectivity index (χ3v) is 19.1. The van der Waals surface area contributed by atoms with Crippen molar-refractivity contribution in [2.24, 2.45) is 0 Å². The number of phenolic OH excluding ortho intramolecular Hbond substituents is 6. The van der Waals surface area contributed by atoms with Crippen LogP contribution in [0.1, 0.15) is 206 Å². The average molecular weight is 1570 g/mol. The molecule has 6 aromatic rings. The molecule has 112 heavy (non-hydrogen) atoms. The molecule has 608 valence electrons. The number of hydrogen-bond donors (Lipinski definition) is 20. The number of hydrogen-bond acceptors (Lipinski definition) is 27. The van der Waals surface area contributed by atoms with Crippen molar-refractivity contribution in [3.05, 3.63) is 163 Å². The van der Waals surface area contributed by atoms with Crippen molar-refractivity contribution in [2.75, 3.05) is 125 Å². The van der Waals surface area contributed by atoms with E-state index in [4.69, 9.17) is 15.3 Å². The van der Waals surface area contributed by atoms with Crippen LogP contribution in [-0.4, -0.2) is 223 Å². The van der Waals surface area contributed by atoms with Gasteiger partial charge in [0, 0.05) is 63.8 Å². The fourth-order valence-electron chi connectivity index (χ4n) is 13.3. The molecule has 0 bridgehead atoms. The molecule has 0 aliphatic heterocycles. The molecule has 31 heteroatoms. The van der Waals surface area contributed by atoms with Crippen LogP contribution in [-0.2, 0) is 0 Å². The zero-order chi connectivity index (χ0) is 82.0. The van der Waals surface area contributed by atoms with Crippen molar-refractivity contribution in [3.8, 4) is 34.5 Å². The summed E-state index contributed by atoms with van der Waals surface area (Å²) in [5.41, 5.74) is -6.83. The summed E-state index contributed by atoms with van der Waals surface area (Å²) in [7, 11) is 3.83. The molecule has 20 N–H and O–H groups in total. The lowest BCUT2D eigenvalue weighted by atomic mass is 9.80. The molecule has 3 aliphatic rings. The van der Waals surface area contributed by atoms with Gasteiger partial charge in [-0.2, -0.15) is 0 Å². The maximum Gasteiger partial charge on any atom is 0.200 e. The van der Waals surface area contributed by atoms with Crippen molar-refractivity contribution in [1.82, 2.24) is 10.2 Å². The van der Waals surface area contributed by atoms with Crippen LogP contribution in [0.25, 0.3) is 0 Å². The van der Waals surface area contributed by atoms with Gasteiger partial charge in [-0.05, 0) is 102 Å². The summed E-state index contributed by atoms with van der Waals surface area (Å²) in [5, 5.41) is 149. The Morgan fingerprint density at radius 3 is 1.12 bits per heavy atom. The standard InChI is InChI=1S/C38H52F2N2O8.C23H27F2N3O6.C20H23N3O5/c1-3-5-6-7-8-9-10-11-12-13-14-15-16-18-26(46)24(22-44)42-36-32-31(37(49)29-27(47)19-20-28(48)30(29)38(32)50)35(33(39)34(36)40)41-23(21-43)25(45)17-4-2;24-18-19(25)21(28-8-7-26-9-11-30)17-16(20(18)27-6-2-1-3-10-29)22(33)14-12(31)4-5-13(32)15(14)23(17)34;1-23(2)9-7-21-11-3-5-13(25)17-15(11)19(27)18-14(26)6-4-12(22-8-10-24)16(18)20(17)28/h4,16-20,23-26,41-48H,3,5-15,21-22H2,1-2H3;4-5,26-32H,1-3,6-11H2;3-6,21-22,24-26H,7-10H2,1-2H3/b17-4+,18-16+;;. The van der Waals surface area contributed by atoms with E-state index in [0.717, 1.165) is 49.9 Å². The van der Waals surface area contributed by atoms with Crippen LogP contribution in [0.4, 0.5) is 51.7 Å². The number of rotatable bonds is 41. The van der Waals surface area contributed by atoms with E-state index in [0.29, 0.717) is 50.1 Å². The number of phenols is 6. The molecule has 0 radical (unpaired) electrons. The number of aromatic hydroxyl groups is 6. The Morgan fingerprint density at radius 1 is 0.375 bits per heavy atom. The second-order valence-corrected chi connectivity index (χ2v) is 27.3. The first-order valence-electron chi connectivity index (χ1n) is 37.5. The van der Waals surface area contributed by atoms with Gasteiger partial charge >= 0.3 is 0 Å². The summed E-state index contributed by atoms with van der Waals surface area (Å²) in [5.74, 6) is -14.5. The minimum Gasteiger partial charge on any atom is -0.507 e. The van der Waals surface area contributed by atoms with Gasteiger partial charge in [-0.3, -0.25) is 28.8 Å². The lowest BCUT2D eigenvalue weighted by Crippen LogP contribution is -2.39. The van der Waals surface area contributed by atoms with Crippen LogP contribution in [0.5, 0.6) is 34.5 Å². The first-order chi connectivity index (χ1) is 53.7. The number of benzene rings is 6. The summed E-state index contributed by atoms with van der Waals surface area (Å²) in [6, 6.07) is 7.01. The van der Waals surface area contributed by atoms with Gasteiger partial charge < -0.3 is 109 Å². The molecule has 0 aromatic heterocycles. The third-order valence-electron chi connectivity index (χ3n) is 19.1. The Labute approximate surface area is 645 Å². The highest BCUT2D eigenvalue weighted by atomic mass is 19.2. The number of nitrogens with zero attached hydrogens (tertiary/aromatic N) is 1. The van der Waals surface area contributed by atoms with E-state index in [2.05, 4.69) is 44.1 Å². The summed E-state index contributed by atoms with van der Waals surface area (Å²) >= 11 is 0. The Hall–Kier alpha value is -10.2. The van der Waals surface area contributed by atoms with Crippen molar-refractivity contribution < 1.29 is 113 Å². The van der Waals surface area contributed by atoms with E-state index < -0.39 is 186 Å². The number of aliphatic hydroxyl groups is 7. The number of allylic oxidation sites excluding steroid dienone is 2. The Bertz CT molecular complexity index is 4320. The second kappa shape index (κ2) is 43.0. The smallest absolute Gasteiger partial charge is 0.200 e. The number of likely N-dealkylation sites (N-methyl/N-ethyl adjacent to an activating group) is 1. The molecule has 0 heterocycles. The molecule has 0 spiro atoms. The van der Waals surface area contributed by atoms with Crippen molar-refractivity contribution in [1.29, 1.82) is 0 Å². The van der Waals surface area contributed by atoms with Crippen LogP contribution in [0.3, 0.4) is 0 Å². The average Bonchev–Trinajstić information content (AvgIpc) is 0.720. The van der Waals surface area contributed by atoms with E-state index in [1.165, 1.54) is 81.4 Å². The second-order valence-electron chi connectivity index (χ2n) is 27.3. The zero-order valence-corrected chi connectivity index (χ0v) is 63.1. The molecule has 9 rings (SSSR count). The predicted octanol–water partition coefficient (Wildman–Crippen LogP) is 9.22. The summed E-state index contributed by atoms with van der Waals surface area (Å²) in [6.07, 6.45) is 18.2. The number of fused-ring (bicyclic) bond motifs is 6. The molecule has 4 unspecified atom stereocenters. The van der Waals surface area contributed by atoms with Gasteiger partial charge in [0.15, 0.2) is 23.3 Å². The normalized spacial score (nSPS) is 13.8. The number of nitrogens with one attached hydrogen (secondary N) is 7. The lowest BCUT2D eigenvalue weighted by Gasteiger charge is -2.30. The van der Waals surface area contributed by atoms with Crippen molar-refractivity contribution in [3.63, 3.8) is 0 Å². The number of unbranched alkanes of at least 4 members (excludes halogenated alkanes) is 13. The van der Waals surface area contributed by atoms with Gasteiger partial charge in [-0.25, -0.2) is 17.6 Å².